The Bertz CT molecular complexity index is 1080. The van der Waals surface area contributed by atoms with E-state index in [2.05, 4.69) is 22.6 Å². The number of aromatic nitrogens is 2. The van der Waals surface area contributed by atoms with Crippen molar-refractivity contribution in [1.29, 1.82) is 0 Å². The van der Waals surface area contributed by atoms with E-state index in [4.69, 9.17) is 4.74 Å². The van der Waals surface area contributed by atoms with Gasteiger partial charge in [0.25, 0.3) is 0 Å². The number of carbonyl (C=O) groups is 2. The van der Waals surface area contributed by atoms with Gasteiger partial charge in [0.1, 0.15) is 11.2 Å². The maximum atomic E-state index is 13.3. The van der Waals surface area contributed by atoms with Gasteiger partial charge in [0.2, 0.25) is 11.8 Å². The van der Waals surface area contributed by atoms with Gasteiger partial charge in [-0.3, -0.25) is 9.59 Å². The SMILES string of the molecule is CC(C)(NC(=O)Cc1ccccc1)C(=O)N1CCOC[C@H](Cc2ccc3nccn3c2)C1. The number of hydrogen-bond acceptors (Lipinski definition) is 4. The van der Waals surface area contributed by atoms with Gasteiger partial charge in [0.15, 0.2) is 0 Å². The molecular formula is C25H30N4O3. The lowest BCUT2D eigenvalue weighted by Crippen LogP contribution is -2.57. The van der Waals surface area contributed by atoms with E-state index in [1.54, 1.807) is 20.0 Å². The molecule has 1 saturated heterocycles. The number of carbonyl (C=O) groups excluding carboxylic acids is 2. The van der Waals surface area contributed by atoms with Gasteiger partial charge < -0.3 is 19.4 Å². The van der Waals surface area contributed by atoms with E-state index in [0.29, 0.717) is 26.3 Å². The van der Waals surface area contributed by atoms with E-state index >= 15 is 0 Å². The van der Waals surface area contributed by atoms with Crippen molar-refractivity contribution in [1.82, 2.24) is 19.6 Å². The monoisotopic (exact) mass is 434 g/mol. The zero-order valence-corrected chi connectivity index (χ0v) is 18.7. The van der Waals surface area contributed by atoms with Gasteiger partial charge in [-0.25, -0.2) is 4.98 Å². The quantitative estimate of drug-likeness (QED) is 0.647. The first kappa shape index (κ1) is 22.0. The molecule has 0 bridgehead atoms. The van der Waals surface area contributed by atoms with Crippen molar-refractivity contribution in [3.8, 4) is 0 Å². The molecule has 7 heteroatoms. The molecule has 1 aliphatic heterocycles. The van der Waals surface area contributed by atoms with Crippen molar-refractivity contribution in [2.45, 2.75) is 32.2 Å². The van der Waals surface area contributed by atoms with Crippen molar-refractivity contribution >= 4 is 17.5 Å². The molecule has 168 valence electrons. The lowest BCUT2D eigenvalue weighted by molar-refractivity contribution is -0.140. The number of rotatable bonds is 6. The molecule has 0 saturated carbocycles. The van der Waals surface area contributed by atoms with Gasteiger partial charge in [0.05, 0.1) is 19.6 Å². The second kappa shape index (κ2) is 9.53. The minimum Gasteiger partial charge on any atom is -0.379 e. The number of hydrogen-bond donors (Lipinski definition) is 1. The molecule has 3 aromatic rings. The van der Waals surface area contributed by atoms with Crippen molar-refractivity contribution in [2.24, 2.45) is 5.92 Å². The van der Waals surface area contributed by atoms with Crippen LogP contribution in [0.4, 0.5) is 0 Å². The highest BCUT2D eigenvalue weighted by atomic mass is 16.5. The fourth-order valence-corrected chi connectivity index (χ4v) is 4.23. The summed E-state index contributed by atoms with van der Waals surface area (Å²) < 4.78 is 7.81. The molecule has 7 nitrogen and oxygen atoms in total. The number of ether oxygens (including phenoxy) is 1. The normalized spacial score (nSPS) is 17.2. The van der Waals surface area contributed by atoms with Gasteiger partial charge in [-0.15, -0.1) is 0 Å². The molecule has 2 aromatic heterocycles. The van der Waals surface area contributed by atoms with Gasteiger partial charge in [0, 0.05) is 37.6 Å². The predicted octanol–water partition coefficient (Wildman–Crippen LogP) is 2.49. The Hall–Kier alpha value is -3.19. The van der Waals surface area contributed by atoms with Gasteiger partial charge in [-0.1, -0.05) is 36.4 Å². The zero-order valence-electron chi connectivity index (χ0n) is 18.7. The maximum Gasteiger partial charge on any atom is 0.247 e. The van der Waals surface area contributed by atoms with Gasteiger partial charge in [-0.2, -0.15) is 0 Å². The predicted molar refractivity (Wildman–Crippen MR) is 122 cm³/mol. The standard InChI is InChI=1S/C25H30N4O3/c1-25(2,27-23(30)15-19-6-4-3-5-7-19)24(31)29-12-13-32-18-21(17-29)14-20-8-9-22-26-10-11-28(22)16-20/h3-11,16,21H,12-15,17-18H2,1-2H3,(H,27,30)/t21-/m1/s1. The van der Waals surface area contributed by atoms with Crippen LogP contribution in [0.5, 0.6) is 0 Å². The molecule has 0 aliphatic carbocycles. The Balaban J connectivity index is 1.39. The molecule has 1 aliphatic rings. The fourth-order valence-electron chi connectivity index (χ4n) is 4.23. The van der Waals surface area contributed by atoms with E-state index in [9.17, 15) is 9.59 Å². The van der Waals surface area contributed by atoms with Crippen LogP contribution in [0.2, 0.25) is 0 Å². The van der Waals surface area contributed by atoms with Crippen LogP contribution in [0.1, 0.15) is 25.0 Å². The smallest absolute Gasteiger partial charge is 0.247 e. The zero-order chi connectivity index (χ0) is 22.6. The number of amides is 2. The summed E-state index contributed by atoms with van der Waals surface area (Å²) in [5.74, 6) is -0.0662. The molecule has 1 aromatic carbocycles. The van der Waals surface area contributed by atoms with E-state index in [0.717, 1.165) is 17.6 Å². The van der Waals surface area contributed by atoms with Crippen LogP contribution in [0.3, 0.4) is 0 Å². The first-order chi connectivity index (χ1) is 15.4. The highest BCUT2D eigenvalue weighted by Gasteiger charge is 2.35. The summed E-state index contributed by atoms with van der Waals surface area (Å²) in [5, 5.41) is 2.92. The molecule has 0 unspecified atom stereocenters. The number of imidazole rings is 1. The third-order valence-corrected chi connectivity index (χ3v) is 5.79. The van der Waals surface area contributed by atoms with Crippen molar-refractivity contribution in [3.05, 3.63) is 72.2 Å². The lowest BCUT2D eigenvalue weighted by Gasteiger charge is -2.33. The van der Waals surface area contributed by atoms with Crippen LogP contribution in [0.15, 0.2) is 61.1 Å². The van der Waals surface area contributed by atoms with Crippen LogP contribution in [0, 0.1) is 5.92 Å². The summed E-state index contributed by atoms with van der Waals surface area (Å²) in [7, 11) is 0. The van der Waals surface area contributed by atoms with E-state index in [-0.39, 0.29) is 24.2 Å². The first-order valence-corrected chi connectivity index (χ1v) is 11.0. The topological polar surface area (TPSA) is 75.9 Å². The summed E-state index contributed by atoms with van der Waals surface area (Å²) in [4.78, 5) is 32.0. The molecule has 32 heavy (non-hydrogen) atoms. The van der Waals surface area contributed by atoms with Gasteiger partial charge >= 0.3 is 0 Å². The Morgan fingerprint density at radius 2 is 1.97 bits per heavy atom. The van der Waals surface area contributed by atoms with E-state index < -0.39 is 5.54 Å². The molecule has 4 rings (SSSR count). The third kappa shape index (κ3) is 5.34. The molecule has 3 heterocycles. The Morgan fingerprint density at radius 1 is 1.16 bits per heavy atom. The maximum absolute atomic E-state index is 13.3. The van der Waals surface area contributed by atoms with Gasteiger partial charge in [-0.05, 0) is 37.5 Å². The second-order valence-electron chi connectivity index (χ2n) is 8.96. The number of benzene rings is 1. The largest absolute Gasteiger partial charge is 0.379 e. The van der Waals surface area contributed by atoms with Crippen LogP contribution in [0.25, 0.3) is 5.65 Å². The van der Waals surface area contributed by atoms with E-state index in [1.165, 1.54) is 5.56 Å². The Morgan fingerprint density at radius 3 is 2.78 bits per heavy atom. The number of nitrogens with one attached hydrogen (secondary N) is 1. The minimum absolute atomic E-state index is 0.0838. The minimum atomic E-state index is -0.990. The van der Waals surface area contributed by atoms with Crippen molar-refractivity contribution < 1.29 is 14.3 Å². The molecule has 1 N–H and O–H groups in total. The van der Waals surface area contributed by atoms with Crippen LogP contribution in [-0.2, 0) is 27.2 Å². The highest BCUT2D eigenvalue weighted by molar-refractivity contribution is 5.91. The van der Waals surface area contributed by atoms with E-state index in [1.807, 2.05) is 51.9 Å². The number of fused-ring (bicyclic) bond motifs is 1. The Labute approximate surface area is 188 Å². The molecular weight excluding hydrogens is 404 g/mol. The summed E-state index contributed by atoms with van der Waals surface area (Å²) in [5.41, 5.74) is 2.02. The summed E-state index contributed by atoms with van der Waals surface area (Å²) in [6, 6.07) is 13.6. The van der Waals surface area contributed by atoms with Crippen LogP contribution < -0.4 is 5.32 Å². The number of pyridine rings is 1. The highest BCUT2D eigenvalue weighted by Crippen LogP contribution is 2.18. The van der Waals surface area contributed by atoms with Crippen LogP contribution in [-0.4, -0.2) is 57.9 Å². The molecule has 1 atom stereocenters. The molecule has 2 amide bonds. The van der Waals surface area contributed by atoms with Crippen LogP contribution >= 0.6 is 0 Å². The average molecular weight is 435 g/mol. The molecule has 1 fully saturated rings. The summed E-state index contributed by atoms with van der Waals surface area (Å²) in [6.45, 7) is 5.76. The summed E-state index contributed by atoms with van der Waals surface area (Å²) >= 11 is 0. The van der Waals surface area contributed by atoms with Crippen molar-refractivity contribution in [3.63, 3.8) is 0 Å². The number of nitrogens with zero attached hydrogens (tertiary/aromatic N) is 3. The Kier molecular flexibility index (Phi) is 6.55. The lowest BCUT2D eigenvalue weighted by atomic mass is 9.98. The first-order valence-electron chi connectivity index (χ1n) is 11.0. The average Bonchev–Trinajstić information content (AvgIpc) is 3.11. The fraction of sp³-hybridized carbons (Fsp3) is 0.400. The summed E-state index contributed by atoms with van der Waals surface area (Å²) in [6.07, 6.45) is 6.84. The molecule has 0 radical (unpaired) electrons. The second-order valence-corrected chi connectivity index (χ2v) is 8.96. The molecule has 0 spiro atoms. The third-order valence-electron chi connectivity index (χ3n) is 5.79. The van der Waals surface area contributed by atoms with Crippen molar-refractivity contribution in [2.75, 3.05) is 26.3 Å².